The second-order valence-electron chi connectivity index (χ2n) is 4.31. The van der Waals surface area contributed by atoms with Crippen molar-refractivity contribution in [2.45, 2.75) is 44.1 Å². The van der Waals surface area contributed by atoms with Crippen LogP contribution in [-0.2, 0) is 18.9 Å². The summed E-state index contributed by atoms with van der Waals surface area (Å²) in [6, 6.07) is 0. The van der Waals surface area contributed by atoms with E-state index in [0.29, 0.717) is 0 Å². The summed E-state index contributed by atoms with van der Waals surface area (Å²) >= 11 is 0. The van der Waals surface area contributed by atoms with E-state index in [1.165, 1.54) is 0 Å². The molecule has 3 aliphatic rings. The van der Waals surface area contributed by atoms with Crippen LogP contribution in [0.25, 0.3) is 0 Å². The smallest absolute Gasteiger partial charge is 0.164 e. The summed E-state index contributed by atoms with van der Waals surface area (Å²) in [6.45, 7) is 5.47. The lowest BCUT2D eigenvalue weighted by molar-refractivity contribution is -0.149. The minimum absolute atomic E-state index is 0.0718. The summed E-state index contributed by atoms with van der Waals surface area (Å²) in [5, 5.41) is 0. The lowest BCUT2D eigenvalue weighted by atomic mass is 10.1. The lowest BCUT2D eigenvalue weighted by Crippen LogP contribution is -2.32. The molecule has 0 N–H and O–H groups in total. The molecule has 0 spiro atoms. The number of ether oxygens (including phenoxy) is 4. The van der Waals surface area contributed by atoms with E-state index in [2.05, 4.69) is 0 Å². The zero-order valence-electron chi connectivity index (χ0n) is 7.86. The molecule has 3 aliphatic heterocycles. The summed E-state index contributed by atoms with van der Waals surface area (Å²) in [7, 11) is 0. The molecule has 4 heteroatoms. The summed E-state index contributed by atoms with van der Waals surface area (Å²) < 4.78 is 22.0. The van der Waals surface area contributed by atoms with Gasteiger partial charge in [-0.2, -0.15) is 0 Å². The Bertz CT molecular complexity index is 198. The van der Waals surface area contributed by atoms with Gasteiger partial charge < -0.3 is 18.9 Å². The molecule has 0 aromatic carbocycles. The fourth-order valence-electron chi connectivity index (χ4n) is 1.88. The molecule has 3 heterocycles. The second-order valence-corrected chi connectivity index (χ2v) is 4.31. The molecular weight excluding hydrogens is 172 g/mol. The molecule has 0 unspecified atom stereocenters. The van der Waals surface area contributed by atoms with E-state index in [1.54, 1.807) is 0 Å². The third-order valence-corrected chi connectivity index (χ3v) is 2.61. The first-order chi connectivity index (χ1) is 6.16. The van der Waals surface area contributed by atoms with Crippen molar-refractivity contribution in [3.8, 4) is 0 Å². The highest BCUT2D eigenvalue weighted by atomic mass is 16.8. The van der Waals surface area contributed by atoms with Gasteiger partial charge in [0.25, 0.3) is 0 Å². The van der Waals surface area contributed by atoms with E-state index in [1.807, 2.05) is 13.8 Å². The quantitative estimate of drug-likeness (QED) is 0.582. The first kappa shape index (κ1) is 8.17. The van der Waals surface area contributed by atoms with Crippen molar-refractivity contribution in [3.63, 3.8) is 0 Å². The Morgan fingerprint density at radius 1 is 0.923 bits per heavy atom. The molecule has 3 fully saturated rings. The Morgan fingerprint density at radius 2 is 1.31 bits per heavy atom. The SMILES string of the molecule is CC1(C)O[C@H]([C@@H]2CO2)[C@@H]([C@H]2CO2)O1. The van der Waals surface area contributed by atoms with Crippen molar-refractivity contribution in [2.24, 2.45) is 0 Å². The van der Waals surface area contributed by atoms with Crippen LogP contribution in [0.15, 0.2) is 0 Å². The zero-order valence-corrected chi connectivity index (χ0v) is 7.86. The Kier molecular flexibility index (Phi) is 1.54. The molecule has 3 saturated heterocycles. The van der Waals surface area contributed by atoms with Crippen LogP contribution in [0.4, 0.5) is 0 Å². The van der Waals surface area contributed by atoms with Gasteiger partial charge in [-0.1, -0.05) is 0 Å². The minimum atomic E-state index is -0.479. The Balaban J connectivity index is 1.75. The van der Waals surface area contributed by atoms with E-state index in [-0.39, 0.29) is 24.4 Å². The highest BCUT2D eigenvalue weighted by Crippen LogP contribution is 2.39. The Hall–Kier alpha value is -0.160. The predicted octanol–water partition coefficient (Wildman–Crippen LogP) is 0.304. The molecule has 0 bridgehead atoms. The molecule has 0 aromatic heterocycles. The fourth-order valence-corrected chi connectivity index (χ4v) is 1.88. The molecule has 4 nitrogen and oxygen atoms in total. The first-order valence-electron chi connectivity index (χ1n) is 4.74. The van der Waals surface area contributed by atoms with Crippen LogP contribution in [0.2, 0.25) is 0 Å². The second kappa shape index (κ2) is 2.45. The van der Waals surface area contributed by atoms with Crippen LogP contribution in [-0.4, -0.2) is 43.4 Å². The molecule has 13 heavy (non-hydrogen) atoms. The minimum Gasteiger partial charge on any atom is -0.370 e. The standard InChI is InChI=1S/C9H14O4/c1-9(2)12-7(5-3-10-5)8(13-9)6-4-11-6/h5-8H,3-4H2,1-2H3/t5-,6+,7-,8-/m1/s1. The van der Waals surface area contributed by atoms with Gasteiger partial charge in [0, 0.05) is 0 Å². The summed E-state index contributed by atoms with van der Waals surface area (Å²) in [6.07, 6.45) is 0.608. The molecule has 0 aliphatic carbocycles. The van der Waals surface area contributed by atoms with Crippen molar-refractivity contribution >= 4 is 0 Å². The monoisotopic (exact) mass is 186 g/mol. The highest BCUT2D eigenvalue weighted by Gasteiger charge is 2.55. The lowest BCUT2D eigenvalue weighted by Gasteiger charge is -2.16. The van der Waals surface area contributed by atoms with Crippen molar-refractivity contribution < 1.29 is 18.9 Å². The number of hydrogen-bond acceptors (Lipinski definition) is 4. The van der Waals surface area contributed by atoms with Crippen LogP contribution in [0.3, 0.4) is 0 Å². The number of epoxide rings is 2. The summed E-state index contributed by atoms with van der Waals surface area (Å²) in [5.74, 6) is -0.479. The fraction of sp³-hybridized carbons (Fsp3) is 1.00. The van der Waals surface area contributed by atoms with Crippen molar-refractivity contribution in [3.05, 3.63) is 0 Å². The molecule has 4 atom stereocenters. The van der Waals surface area contributed by atoms with E-state index in [0.717, 1.165) is 13.2 Å². The topological polar surface area (TPSA) is 43.5 Å². The molecule has 3 rings (SSSR count). The average Bonchev–Trinajstić information content (AvgIpc) is 2.90. The first-order valence-corrected chi connectivity index (χ1v) is 4.74. The number of hydrogen-bond donors (Lipinski definition) is 0. The zero-order chi connectivity index (χ0) is 9.05. The maximum Gasteiger partial charge on any atom is 0.164 e. The van der Waals surface area contributed by atoms with E-state index in [9.17, 15) is 0 Å². The van der Waals surface area contributed by atoms with Crippen molar-refractivity contribution in [1.82, 2.24) is 0 Å². The van der Waals surface area contributed by atoms with Gasteiger partial charge in [-0.25, -0.2) is 0 Å². The van der Waals surface area contributed by atoms with Crippen LogP contribution in [0.1, 0.15) is 13.8 Å². The van der Waals surface area contributed by atoms with Gasteiger partial charge in [-0.05, 0) is 13.8 Å². The van der Waals surface area contributed by atoms with Crippen molar-refractivity contribution in [1.29, 1.82) is 0 Å². The van der Waals surface area contributed by atoms with Crippen LogP contribution in [0, 0.1) is 0 Å². The van der Waals surface area contributed by atoms with Gasteiger partial charge in [-0.15, -0.1) is 0 Å². The Morgan fingerprint density at radius 3 is 1.62 bits per heavy atom. The molecule has 0 radical (unpaired) electrons. The molecular formula is C9H14O4. The van der Waals surface area contributed by atoms with Gasteiger partial charge in [0.05, 0.1) is 13.2 Å². The molecule has 0 saturated carbocycles. The van der Waals surface area contributed by atoms with Crippen LogP contribution >= 0.6 is 0 Å². The predicted molar refractivity (Wildman–Crippen MR) is 43.3 cm³/mol. The maximum absolute atomic E-state index is 5.76. The van der Waals surface area contributed by atoms with Gasteiger partial charge >= 0.3 is 0 Å². The van der Waals surface area contributed by atoms with E-state index >= 15 is 0 Å². The molecule has 74 valence electrons. The van der Waals surface area contributed by atoms with Gasteiger partial charge in [-0.3, -0.25) is 0 Å². The third kappa shape index (κ3) is 1.48. The van der Waals surface area contributed by atoms with Gasteiger partial charge in [0.2, 0.25) is 0 Å². The largest absolute Gasteiger partial charge is 0.370 e. The summed E-state index contributed by atoms with van der Waals surface area (Å²) in [5.41, 5.74) is 0. The third-order valence-electron chi connectivity index (χ3n) is 2.61. The van der Waals surface area contributed by atoms with Crippen LogP contribution < -0.4 is 0 Å². The maximum atomic E-state index is 5.76. The Labute approximate surface area is 77.1 Å². The highest BCUT2D eigenvalue weighted by molar-refractivity contribution is 4.98. The number of rotatable bonds is 2. The van der Waals surface area contributed by atoms with Gasteiger partial charge in [0.1, 0.15) is 24.4 Å². The summed E-state index contributed by atoms with van der Waals surface area (Å²) in [4.78, 5) is 0. The van der Waals surface area contributed by atoms with Crippen molar-refractivity contribution in [2.75, 3.05) is 13.2 Å². The van der Waals surface area contributed by atoms with Crippen LogP contribution in [0.5, 0.6) is 0 Å². The average molecular weight is 186 g/mol. The molecule has 0 aromatic rings. The normalized spacial score (nSPS) is 52.2. The van der Waals surface area contributed by atoms with E-state index < -0.39 is 5.79 Å². The van der Waals surface area contributed by atoms with E-state index in [4.69, 9.17) is 18.9 Å². The molecule has 0 amide bonds. The van der Waals surface area contributed by atoms with Gasteiger partial charge in [0.15, 0.2) is 5.79 Å².